The predicted molar refractivity (Wildman–Crippen MR) is 258 cm³/mol. The molecule has 3 nitrogen and oxygen atoms in total. The fourth-order valence-corrected chi connectivity index (χ4v) is 8.79. The maximum absolute atomic E-state index is 5.30. The molecule has 0 spiro atoms. The second-order valence-electron chi connectivity index (χ2n) is 15.5. The Morgan fingerprint density at radius 3 is 1.27 bits per heavy atom. The van der Waals surface area contributed by atoms with Gasteiger partial charge in [-0.2, -0.15) is 0 Å². The van der Waals surface area contributed by atoms with Crippen LogP contribution in [0.5, 0.6) is 0 Å². The minimum Gasteiger partial charge on any atom is -0.208 e. The number of hydrogen-bond acceptors (Lipinski definition) is 3. The van der Waals surface area contributed by atoms with Crippen molar-refractivity contribution in [3.63, 3.8) is 0 Å². The van der Waals surface area contributed by atoms with Gasteiger partial charge in [-0.05, 0) is 83.2 Å². The summed E-state index contributed by atoms with van der Waals surface area (Å²) in [6.07, 6.45) is 0. The number of rotatable bonds is 8. The molecule has 0 amide bonds. The van der Waals surface area contributed by atoms with Crippen LogP contribution in [-0.2, 0) is 0 Å². The summed E-state index contributed by atoms with van der Waals surface area (Å²) < 4.78 is 0. The number of fused-ring (bicyclic) bond motifs is 2. The summed E-state index contributed by atoms with van der Waals surface area (Å²) in [4.78, 5) is 15.8. The monoisotopic (exact) mass is 789 g/mol. The normalized spacial score (nSPS) is 11.2. The first-order chi connectivity index (χ1) is 30.7. The van der Waals surface area contributed by atoms with Crippen LogP contribution in [0.25, 0.3) is 111 Å². The van der Waals surface area contributed by atoms with Crippen molar-refractivity contribution in [1.29, 1.82) is 0 Å². The number of nitrogens with zero attached hydrogens (tertiary/aromatic N) is 3. The molecule has 0 fully saturated rings. The summed E-state index contributed by atoms with van der Waals surface area (Å²) in [6, 6.07) is 83.6. The van der Waals surface area contributed by atoms with Crippen LogP contribution in [-0.4, -0.2) is 15.0 Å². The van der Waals surface area contributed by atoms with E-state index in [4.69, 9.17) is 15.0 Å². The van der Waals surface area contributed by atoms with Gasteiger partial charge in [-0.1, -0.05) is 231 Å². The molecule has 1 aromatic heterocycles. The Morgan fingerprint density at radius 1 is 0.194 bits per heavy atom. The van der Waals surface area contributed by atoms with Gasteiger partial charge in [-0.25, -0.2) is 15.0 Å². The van der Waals surface area contributed by atoms with E-state index in [9.17, 15) is 0 Å². The summed E-state index contributed by atoms with van der Waals surface area (Å²) in [6.45, 7) is 0. The third-order valence-electron chi connectivity index (χ3n) is 11.8. The summed E-state index contributed by atoms with van der Waals surface area (Å²) in [5.41, 5.74) is 14.3. The van der Waals surface area contributed by atoms with E-state index in [1.165, 1.54) is 49.4 Å². The van der Waals surface area contributed by atoms with Crippen molar-refractivity contribution >= 4 is 21.5 Å². The van der Waals surface area contributed by atoms with E-state index < -0.39 is 0 Å². The van der Waals surface area contributed by atoms with Crippen molar-refractivity contribution in [3.05, 3.63) is 237 Å². The van der Waals surface area contributed by atoms with Crippen LogP contribution in [0.2, 0.25) is 0 Å². The quantitative estimate of drug-likeness (QED) is 0.154. The largest absolute Gasteiger partial charge is 0.208 e. The van der Waals surface area contributed by atoms with Gasteiger partial charge in [0.05, 0.1) is 0 Å². The van der Waals surface area contributed by atoms with Crippen LogP contribution in [0.3, 0.4) is 0 Å². The maximum Gasteiger partial charge on any atom is 0.164 e. The molecular weight excluding hydrogens is 751 g/mol. The van der Waals surface area contributed by atoms with Crippen LogP contribution >= 0.6 is 0 Å². The highest BCUT2D eigenvalue weighted by Gasteiger charge is 2.18. The molecule has 1 heterocycles. The van der Waals surface area contributed by atoms with Gasteiger partial charge in [0.15, 0.2) is 17.5 Å². The van der Waals surface area contributed by atoms with Crippen molar-refractivity contribution in [2.75, 3.05) is 0 Å². The molecule has 0 aliphatic heterocycles. The first-order valence-electron chi connectivity index (χ1n) is 21.0. The third kappa shape index (κ3) is 6.92. The van der Waals surface area contributed by atoms with Gasteiger partial charge in [0, 0.05) is 16.7 Å². The first-order valence-corrected chi connectivity index (χ1v) is 21.0. The van der Waals surface area contributed by atoms with Crippen molar-refractivity contribution < 1.29 is 0 Å². The molecule has 11 aromatic rings. The molecule has 0 saturated heterocycles. The fraction of sp³-hybridized carbons (Fsp3) is 0. The number of aromatic nitrogens is 3. The Kier molecular flexibility index (Phi) is 9.53. The molecule has 3 heteroatoms. The molecular formula is C59H39N3. The number of benzene rings is 10. The number of hydrogen-bond donors (Lipinski definition) is 0. The fourth-order valence-electron chi connectivity index (χ4n) is 8.79. The Labute approximate surface area is 361 Å². The van der Waals surface area contributed by atoms with E-state index in [-0.39, 0.29) is 0 Å². The zero-order valence-electron chi connectivity index (χ0n) is 33.9. The predicted octanol–water partition coefficient (Wildman–Crippen LogP) is 15.5. The lowest BCUT2D eigenvalue weighted by Gasteiger charge is -2.15. The molecule has 0 aliphatic carbocycles. The van der Waals surface area contributed by atoms with Crippen LogP contribution in [0, 0.1) is 0 Å². The zero-order chi connectivity index (χ0) is 41.2. The molecule has 0 atom stereocenters. The van der Waals surface area contributed by atoms with E-state index >= 15 is 0 Å². The van der Waals surface area contributed by atoms with Gasteiger partial charge in [0.1, 0.15) is 0 Å². The Balaban J connectivity index is 1.06. The highest BCUT2D eigenvalue weighted by Crippen LogP contribution is 2.39. The molecule has 0 unspecified atom stereocenters. The van der Waals surface area contributed by atoms with E-state index in [2.05, 4.69) is 237 Å². The molecule has 0 radical (unpaired) electrons. The molecule has 0 bridgehead atoms. The highest BCUT2D eigenvalue weighted by molar-refractivity contribution is 6.05. The Bertz CT molecular complexity index is 3390. The van der Waals surface area contributed by atoms with Gasteiger partial charge in [-0.15, -0.1) is 0 Å². The van der Waals surface area contributed by atoms with Crippen LogP contribution in [0.1, 0.15) is 0 Å². The Hall–Kier alpha value is -8.27. The van der Waals surface area contributed by atoms with E-state index in [1.54, 1.807) is 0 Å². The molecule has 10 aromatic carbocycles. The lowest BCUT2D eigenvalue weighted by atomic mass is 9.92. The molecule has 290 valence electrons. The zero-order valence-corrected chi connectivity index (χ0v) is 33.9. The highest BCUT2D eigenvalue weighted by atomic mass is 15.0. The average molecular weight is 790 g/mol. The molecule has 11 rings (SSSR count). The van der Waals surface area contributed by atoms with Crippen molar-refractivity contribution in [1.82, 2.24) is 15.0 Å². The smallest absolute Gasteiger partial charge is 0.164 e. The molecule has 0 saturated carbocycles. The topological polar surface area (TPSA) is 38.7 Å². The minimum atomic E-state index is 0.614. The summed E-state index contributed by atoms with van der Waals surface area (Å²) in [5, 5.41) is 4.78. The average Bonchev–Trinajstić information content (AvgIpc) is 3.36. The van der Waals surface area contributed by atoms with E-state index in [1.807, 2.05) is 0 Å². The van der Waals surface area contributed by atoms with Crippen molar-refractivity contribution in [2.24, 2.45) is 0 Å². The van der Waals surface area contributed by atoms with Gasteiger partial charge in [-0.3, -0.25) is 0 Å². The van der Waals surface area contributed by atoms with Gasteiger partial charge >= 0.3 is 0 Å². The lowest BCUT2D eigenvalue weighted by Crippen LogP contribution is -2.01. The van der Waals surface area contributed by atoms with Crippen molar-refractivity contribution in [2.45, 2.75) is 0 Å². The van der Waals surface area contributed by atoms with Gasteiger partial charge in [0.2, 0.25) is 0 Å². The SMILES string of the molecule is c1ccc(-c2ccccc2-c2ccc(-c3nc(-c4cccc(-c5cccc6c(-c7ccccc7)cccc56)c4)nc(-c4ccccc4-c4cccc5ccccc45)n3)cc2)cc1. The molecule has 62 heavy (non-hydrogen) atoms. The van der Waals surface area contributed by atoms with Crippen LogP contribution < -0.4 is 0 Å². The Morgan fingerprint density at radius 2 is 0.581 bits per heavy atom. The standard InChI is InChI=1S/C59H39N3/c1-3-17-40(18-4-1)47-25-9-10-26-48(47)43-35-37-44(38-36-43)57-60-58(62-59(61-57)56-29-12-11-28-55(56)53-32-14-22-42-21-7-8-27-49(42)53)46-24-13-23-45(39-46)51-31-16-33-52-50(30-15-34-54(51)52)41-19-5-2-6-20-41/h1-39H. The minimum absolute atomic E-state index is 0.614. The molecule has 0 N–H and O–H groups in total. The summed E-state index contributed by atoms with van der Waals surface area (Å²) in [5.74, 6) is 1.85. The van der Waals surface area contributed by atoms with E-state index in [0.717, 1.165) is 44.5 Å². The van der Waals surface area contributed by atoms with Crippen molar-refractivity contribution in [3.8, 4) is 89.8 Å². The second kappa shape index (κ2) is 16.1. The van der Waals surface area contributed by atoms with E-state index in [0.29, 0.717) is 17.5 Å². The van der Waals surface area contributed by atoms with Crippen LogP contribution in [0.15, 0.2) is 237 Å². The lowest BCUT2D eigenvalue weighted by molar-refractivity contribution is 1.07. The summed E-state index contributed by atoms with van der Waals surface area (Å²) in [7, 11) is 0. The third-order valence-corrected chi connectivity index (χ3v) is 11.8. The molecule has 0 aliphatic rings. The summed E-state index contributed by atoms with van der Waals surface area (Å²) >= 11 is 0. The van der Waals surface area contributed by atoms with Crippen LogP contribution in [0.4, 0.5) is 0 Å². The maximum atomic E-state index is 5.30. The first kappa shape index (κ1) is 36.8. The van der Waals surface area contributed by atoms with Gasteiger partial charge < -0.3 is 0 Å². The second-order valence-corrected chi connectivity index (χ2v) is 15.5. The van der Waals surface area contributed by atoms with Gasteiger partial charge in [0.25, 0.3) is 0 Å².